The number of amides is 2. The Bertz CT molecular complexity index is 777. The van der Waals surface area contributed by atoms with Gasteiger partial charge < -0.3 is 14.4 Å². The molecule has 2 amide bonds. The second kappa shape index (κ2) is 8.18. The van der Waals surface area contributed by atoms with Crippen LogP contribution in [0.3, 0.4) is 0 Å². The molecule has 1 aliphatic heterocycles. The van der Waals surface area contributed by atoms with Gasteiger partial charge in [-0.15, -0.1) is 11.3 Å². The summed E-state index contributed by atoms with van der Waals surface area (Å²) in [5.41, 5.74) is 0.760. The average molecular weight is 375 g/mol. The smallest absolute Gasteiger partial charge is 0.273 e. The molecule has 0 radical (unpaired) electrons. The van der Waals surface area contributed by atoms with E-state index in [9.17, 15) is 9.59 Å². The van der Waals surface area contributed by atoms with E-state index in [0.29, 0.717) is 27.9 Å². The van der Waals surface area contributed by atoms with Crippen LogP contribution in [0, 0.1) is 0 Å². The molecular formula is C18H21N3O4S. The summed E-state index contributed by atoms with van der Waals surface area (Å²) in [7, 11) is 3.05. The van der Waals surface area contributed by atoms with Gasteiger partial charge in [0.05, 0.1) is 14.2 Å². The van der Waals surface area contributed by atoms with E-state index in [2.05, 4.69) is 10.3 Å². The second-order valence-electron chi connectivity index (χ2n) is 5.95. The highest BCUT2D eigenvalue weighted by Crippen LogP contribution is 2.24. The minimum absolute atomic E-state index is 0.0792. The molecule has 1 fully saturated rings. The van der Waals surface area contributed by atoms with Gasteiger partial charge in [0, 0.05) is 30.1 Å². The van der Waals surface area contributed by atoms with Crippen LogP contribution in [0.4, 0.5) is 5.13 Å². The lowest BCUT2D eigenvalue weighted by Crippen LogP contribution is -2.35. The van der Waals surface area contributed by atoms with Gasteiger partial charge in [-0.05, 0) is 31.4 Å². The van der Waals surface area contributed by atoms with Crippen LogP contribution in [-0.2, 0) is 0 Å². The lowest BCUT2D eigenvalue weighted by Gasteiger charge is -2.25. The Morgan fingerprint density at radius 3 is 2.35 bits per heavy atom. The molecule has 138 valence electrons. The Labute approximate surface area is 155 Å². The van der Waals surface area contributed by atoms with Crippen molar-refractivity contribution in [3.05, 3.63) is 34.8 Å². The van der Waals surface area contributed by atoms with Crippen LogP contribution >= 0.6 is 11.3 Å². The zero-order valence-corrected chi connectivity index (χ0v) is 15.6. The summed E-state index contributed by atoms with van der Waals surface area (Å²) in [5.74, 6) is 0.627. The fraction of sp³-hybridized carbons (Fsp3) is 0.389. The first-order chi connectivity index (χ1) is 12.6. The zero-order chi connectivity index (χ0) is 18.5. The van der Waals surface area contributed by atoms with E-state index in [4.69, 9.17) is 9.47 Å². The molecule has 0 unspecified atom stereocenters. The summed E-state index contributed by atoms with van der Waals surface area (Å²) in [6.07, 6.45) is 3.21. The van der Waals surface area contributed by atoms with Gasteiger partial charge in [-0.1, -0.05) is 0 Å². The summed E-state index contributed by atoms with van der Waals surface area (Å²) < 4.78 is 10.4. The third kappa shape index (κ3) is 4.13. The monoisotopic (exact) mass is 375 g/mol. The molecule has 0 atom stereocenters. The van der Waals surface area contributed by atoms with Crippen molar-refractivity contribution in [3.63, 3.8) is 0 Å². The van der Waals surface area contributed by atoms with Crippen molar-refractivity contribution in [1.29, 1.82) is 0 Å². The molecule has 0 spiro atoms. The number of methoxy groups -OCH3 is 2. The highest BCUT2D eigenvalue weighted by Gasteiger charge is 2.21. The summed E-state index contributed by atoms with van der Waals surface area (Å²) in [5, 5.41) is 4.79. The van der Waals surface area contributed by atoms with Crippen molar-refractivity contribution >= 4 is 28.3 Å². The molecule has 2 heterocycles. The predicted molar refractivity (Wildman–Crippen MR) is 99.4 cm³/mol. The van der Waals surface area contributed by atoms with E-state index in [1.54, 1.807) is 23.6 Å². The van der Waals surface area contributed by atoms with E-state index >= 15 is 0 Å². The summed E-state index contributed by atoms with van der Waals surface area (Å²) in [4.78, 5) is 31.0. The maximum atomic E-state index is 12.5. The number of anilines is 1. The third-order valence-electron chi connectivity index (χ3n) is 4.20. The Morgan fingerprint density at radius 1 is 1.08 bits per heavy atom. The molecule has 0 saturated carbocycles. The molecule has 1 N–H and O–H groups in total. The van der Waals surface area contributed by atoms with Crippen molar-refractivity contribution in [2.24, 2.45) is 0 Å². The quantitative estimate of drug-likeness (QED) is 0.869. The second-order valence-corrected chi connectivity index (χ2v) is 6.80. The minimum atomic E-state index is -0.339. The molecule has 0 aliphatic carbocycles. The van der Waals surface area contributed by atoms with Crippen LogP contribution in [0.2, 0.25) is 0 Å². The van der Waals surface area contributed by atoms with E-state index < -0.39 is 0 Å². The maximum absolute atomic E-state index is 12.5. The molecule has 7 nitrogen and oxygen atoms in total. The minimum Gasteiger partial charge on any atom is -0.497 e. The maximum Gasteiger partial charge on any atom is 0.273 e. The van der Waals surface area contributed by atoms with Crippen molar-refractivity contribution in [2.75, 3.05) is 32.6 Å². The van der Waals surface area contributed by atoms with Gasteiger partial charge in [-0.3, -0.25) is 14.9 Å². The number of carbonyl (C=O) groups is 2. The van der Waals surface area contributed by atoms with Gasteiger partial charge in [0.1, 0.15) is 17.2 Å². The van der Waals surface area contributed by atoms with Crippen LogP contribution in [0.1, 0.15) is 40.1 Å². The molecule has 26 heavy (non-hydrogen) atoms. The molecular weight excluding hydrogens is 354 g/mol. The number of aromatic nitrogens is 1. The number of piperidine rings is 1. The topological polar surface area (TPSA) is 80.8 Å². The molecule has 3 rings (SSSR count). The first-order valence-corrected chi connectivity index (χ1v) is 9.28. The number of thiazole rings is 1. The Kier molecular flexibility index (Phi) is 5.72. The lowest BCUT2D eigenvalue weighted by atomic mass is 10.1. The largest absolute Gasteiger partial charge is 0.497 e. The molecule has 1 aromatic carbocycles. The number of carbonyl (C=O) groups excluding carboxylic acids is 2. The van der Waals surface area contributed by atoms with Gasteiger partial charge in [0.15, 0.2) is 5.13 Å². The molecule has 8 heteroatoms. The van der Waals surface area contributed by atoms with Gasteiger partial charge >= 0.3 is 0 Å². The third-order valence-corrected chi connectivity index (χ3v) is 4.96. The molecule has 0 bridgehead atoms. The Hall–Kier alpha value is -2.61. The number of hydrogen-bond acceptors (Lipinski definition) is 6. The van der Waals surface area contributed by atoms with Crippen LogP contribution in [0.25, 0.3) is 0 Å². The molecule has 1 aliphatic rings. The van der Waals surface area contributed by atoms with Gasteiger partial charge in [-0.25, -0.2) is 4.98 Å². The number of nitrogens with one attached hydrogen (secondary N) is 1. The Morgan fingerprint density at radius 2 is 1.73 bits per heavy atom. The fourth-order valence-corrected chi connectivity index (χ4v) is 3.48. The first-order valence-electron chi connectivity index (χ1n) is 8.40. The van der Waals surface area contributed by atoms with Gasteiger partial charge in [0.2, 0.25) is 0 Å². The number of rotatable bonds is 5. The van der Waals surface area contributed by atoms with E-state index in [1.807, 2.05) is 4.90 Å². The lowest BCUT2D eigenvalue weighted by molar-refractivity contribution is 0.0719. The normalized spacial score (nSPS) is 14.0. The van der Waals surface area contributed by atoms with Gasteiger partial charge in [0.25, 0.3) is 11.8 Å². The van der Waals surface area contributed by atoms with Crippen LogP contribution in [0.5, 0.6) is 11.5 Å². The number of benzene rings is 1. The Balaban J connectivity index is 1.70. The highest BCUT2D eigenvalue weighted by atomic mass is 32.1. The van der Waals surface area contributed by atoms with Crippen LogP contribution in [-0.4, -0.2) is 49.0 Å². The predicted octanol–water partition coefficient (Wildman–Crippen LogP) is 3.04. The van der Waals surface area contributed by atoms with E-state index in [0.717, 1.165) is 32.4 Å². The van der Waals surface area contributed by atoms with Gasteiger partial charge in [-0.2, -0.15) is 0 Å². The number of nitrogens with zero attached hydrogens (tertiary/aromatic N) is 2. The number of likely N-dealkylation sites (tertiary alicyclic amines) is 1. The number of hydrogen-bond donors (Lipinski definition) is 1. The summed E-state index contributed by atoms with van der Waals surface area (Å²) in [6, 6.07) is 4.92. The average Bonchev–Trinajstić information content (AvgIpc) is 3.15. The van der Waals surface area contributed by atoms with Crippen molar-refractivity contribution in [1.82, 2.24) is 9.88 Å². The molecule has 2 aromatic rings. The highest BCUT2D eigenvalue weighted by molar-refractivity contribution is 7.14. The molecule has 1 saturated heterocycles. The summed E-state index contributed by atoms with van der Waals surface area (Å²) >= 11 is 1.23. The van der Waals surface area contributed by atoms with Crippen LogP contribution < -0.4 is 14.8 Å². The first kappa shape index (κ1) is 18.2. The standard InChI is InChI=1S/C18H21N3O4S/c1-24-13-8-12(9-14(10-13)25-2)16(22)20-18-19-15(11-26-18)17(23)21-6-4-3-5-7-21/h8-11H,3-7H2,1-2H3,(H,19,20,22). The SMILES string of the molecule is COc1cc(OC)cc(C(=O)Nc2nc(C(=O)N3CCCCC3)cs2)c1. The van der Waals surface area contributed by atoms with Crippen molar-refractivity contribution < 1.29 is 19.1 Å². The van der Waals surface area contributed by atoms with E-state index in [1.165, 1.54) is 25.6 Å². The van der Waals surface area contributed by atoms with Crippen LogP contribution in [0.15, 0.2) is 23.6 Å². The summed E-state index contributed by atoms with van der Waals surface area (Å²) in [6.45, 7) is 1.53. The number of ether oxygens (including phenoxy) is 2. The van der Waals surface area contributed by atoms with Crippen molar-refractivity contribution in [3.8, 4) is 11.5 Å². The van der Waals surface area contributed by atoms with Crippen molar-refractivity contribution in [2.45, 2.75) is 19.3 Å². The zero-order valence-electron chi connectivity index (χ0n) is 14.8. The fourth-order valence-electron chi connectivity index (χ4n) is 2.80. The molecule has 1 aromatic heterocycles. The van der Waals surface area contributed by atoms with E-state index in [-0.39, 0.29) is 11.8 Å².